The molecule has 0 aliphatic rings. The van der Waals surface area contributed by atoms with Crippen LogP contribution in [0.5, 0.6) is 0 Å². The molecule has 0 aliphatic heterocycles. The molecule has 0 atom stereocenters. The summed E-state index contributed by atoms with van der Waals surface area (Å²) in [7, 11) is 0. The molecule has 106 valence electrons. The first kappa shape index (κ1) is 15.4. The van der Waals surface area contributed by atoms with Gasteiger partial charge in [0.2, 0.25) is 5.82 Å². The van der Waals surface area contributed by atoms with Crippen molar-refractivity contribution in [3.05, 3.63) is 39.7 Å². The molecule has 0 fully saturated rings. The predicted molar refractivity (Wildman–Crippen MR) is 61.4 cm³/mol. The summed E-state index contributed by atoms with van der Waals surface area (Å²) in [6.07, 6.45) is -2.57. The van der Waals surface area contributed by atoms with E-state index in [4.69, 9.17) is 5.11 Å². The van der Waals surface area contributed by atoms with Crippen molar-refractivity contribution in [3.63, 3.8) is 0 Å². The van der Waals surface area contributed by atoms with Gasteiger partial charge in [0.1, 0.15) is 0 Å². The number of rotatable bonds is 7. The lowest BCUT2D eigenvalue weighted by Crippen LogP contribution is -2.31. The molecule has 0 radical (unpaired) electrons. The molecule has 0 heterocycles. The summed E-state index contributed by atoms with van der Waals surface area (Å²) in [5.41, 5.74) is -0.330. The van der Waals surface area contributed by atoms with Gasteiger partial charge >= 0.3 is 5.69 Å². The molecule has 0 bridgehead atoms. The van der Waals surface area contributed by atoms with E-state index < -0.39 is 29.4 Å². The van der Waals surface area contributed by atoms with E-state index in [-0.39, 0.29) is 19.7 Å². The topological polar surface area (TPSA) is 66.6 Å². The van der Waals surface area contributed by atoms with Crippen molar-refractivity contribution in [3.8, 4) is 0 Å². The number of aliphatic hydroxyl groups is 1. The van der Waals surface area contributed by atoms with E-state index in [1.165, 1.54) is 11.0 Å². The van der Waals surface area contributed by atoms with Crippen molar-refractivity contribution in [2.75, 3.05) is 19.7 Å². The first-order chi connectivity index (χ1) is 8.93. The van der Waals surface area contributed by atoms with Crippen LogP contribution < -0.4 is 0 Å². The van der Waals surface area contributed by atoms with E-state index in [0.717, 1.165) is 12.1 Å². The summed E-state index contributed by atoms with van der Waals surface area (Å²) in [4.78, 5) is 10.8. The van der Waals surface area contributed by atoms with E-state index in [1.807, 2.05) is 0 Å². The first-order valence-electron chi connectivity index (χ1n) is 5.48. The highest BCUT2D eigenvalue weighted by molar-refractivity contribution is 5.34. The van der Waals surface area contributed by atoms with Gasteiger partial charge in [0.25, 0.3) is 6.43 Å². The molecule has 1 aromatic rings. The summed E-state index contributed by atoms with van der Waals surface area (Å²) in [5, 5.41) is 19.2. The maximum atomic E-state index is 13.3. The van der Waals surface area contributed by atoms with E-state index in [9.17, 15) is 23.3 Å². The van der Waals surface area contributed by atoms with E-state index in [1.54, 1.807) is 0 Å². The van der Waals surface area contributed by atoms with Crippen LogP contribution in [-0.4, -0.2) is 41.1 Å². The molecule has 0 saturated heterocycles. The zero-order valence-electron chi connectivity index (χ0n) is 9.93. The fourth-order valence-electron chi connectivity index (χ4n) is 1.63. The Labute approximate surface area is 107 Å². The van der Waals surface area contributed by atoms with Gasteiger partial charge in [-0.25, -0.2) is 8.78 Å². The Morgan fingerprint density at radius 3 is 2.58 bits per heavy atom. The number of alkyl halides is 2. The highest BCUT2D eigenvalue weighted by Gasteiger charge is 2.16. The highest BCUT2D eigenvalue weighted by atomic mass is 19.3. The Kier molecular flexibility index (Phi) is 5.71. The average Bonchev–Trinajstić information content (AvgIpc) is 2.27. The fourth-order valence-corrected chi connectivity index (χ4v) is 1.63. The molecule has 19 heavy (non-hydrogen) atoms. The van der Waals surface area contributed by atoms with Crippen molar-refractivity contribution >= 4 is 5.69 Å². The minimum absolute atomic E-state index is 0.0141. The molecule has 1 rings (SSSR count). The molecule has 0 unspecified atom stereocenters. The Bertz CT molecular complexity index is 443. The lowest BCUT2D eigenvalue weighted by Gasteiger charge is -2.20. The molecule has 0 aliphatic carbocycles. The van der Waals surface area contributed by atoms with Crippen molar-refractivity contribution in [2.24, 2.45) is 0 Å². The van der Waals surface area contributed by atoms with Gasteiger partial charge in [-0.15, -0.1) is 0 Å². The van der Waals surface area contributed by atoms with Crippen molar-refractivity contribution in [1.82, 2.24) is 4.90 Å². The smallest absolute Gasteiger partial charge is 0.304 e. The Balaban J connectivity index is 2.79. The SMILES string of the molecule is O=[N+]([O-])c1ccc(CN(CCO)CC(F)F)cc1F. The molecule has 0 saturated carbocycles. The van der Waals surface area contributed by atoms with Crippen LogP contribution in [0.15, 0.2) is 18.2 Å². The van der Waals surface area contributed by atoms with Crippen LogP contribution in [-0.2, 0) is 6.54 Å². The van der Waals surface area contributed by atoms with Gasteiger partial charge in [0, 0.05) is 19.2 Å². The third-order valence-electron chi connectivity index (χ3n) is 2.43. The maximum absolute atomic E-state index is 13.3. The van der Waals surface area contributed by atoms with Gasteiger partial charge < -0.3 is 5.11 Å². The molecular formula is C11H13F3N2O3. The molecular weight excluding hydrogens is 265 g/mol. The molecule has 5 nitrogen and oxygen atoms in total. The summed E-state index contributed by atoms with van der Waals surface area (Å²) in [5.74, 6) is -1.01. The average molecular weight is 278 g/mol. The van der Waals surface area contributed by atoms with E-state index in [0.29, 0.717) is 5.56 Å². The van der Waals surface area contributed by atoms with Crippen LogP contribution >= 0.6 is 0 Å². The minimum Gasteiger partial charge on any atom is -0.395 e. The summed E-state index contributed by atoms with van der Waals surface area (Å²) in [6, 6.07) is 3.23. The lowest BCUT2D eigenvalue weighted by atomic mass is 10.2. The van der Waals surface area contributed by atoms with Crippen LogP contribution in [0.2, 0.25) is 0 Å². The van der Waals surface area contributed by atoms with Crippen molar-refractivity contribution in [2.45, 2.75) is 13.0 Å². The zero-order chi connectivity index (χ0) is 14.4. The number of nitrogens with zero attached hydrogens (tertiary/aromatic N) is 2. The van der Waals surface area contributed by atoms with Crippen LogP contribution in [0, 0.1) is 15.9 Å². The molecule has 8 heteroatoms. The molecule has 0 amide bonds. The van der Waals surface area contributed by atoms with Crippen molar-refractivity contribution < 1.29 is 23.2 Å². The molecule has 1 aromatic carbocycles. The van der Waals surface area contributed by atoms with Gasteiger partial charge in [-0.3, -0.25) is 15.0 Å². The van der Waals surface area contributed by atoms with Gasteiger partial charge in [-0.2, -0.15) is 4.39 Å². The maximum Gasteiger partial charge on any atom is 0.304 e. The van der Waals surface area contributed by atoms with Gasteiger partial charge in [0.05, 0.1) is 18.1 Å². The van der Waals surface area contributed by atoms with Gasteiger partial charge in [-0.05, 0) is 11.6 Å². The normalized spacial score (nSPS) is 11.3. The monoisotopic (exact) mass is 278 g/mol. The second-order valence-corrected chi connectivity index (χ2v) is 3.89. The van der Waals surface area contributed by atoms with Crippen LogP contribution in [0.3, 0.4) is 0 Å². The summed E-state index contributed by atoms with van der Waals surface area (Å²) in [6.45, 7) is -0.857. The van der Waals surface area contributed by atoms with Gasteiger partial charge in [-0.1, -0.05) is 6.07 Å². The summed E-state index contributed by atoms with van der Waals surface area (Å²) >= 11 is 0. The first-order valence-corrected chi connectivity index (χ1v) is 5.48. The van der Waals surface area contributed by atoms with E-state index in [2.05, 4.69) is 0 Å². The van der Waals surface area contributed by atoms with Crippen LogP contribution in [0.25, 0.3) is 0 Å². The minimum atomic E-state index is -2.57. The number of halogens is 3. The van der Waals surface area contributed by atoms with Crippen LogP contribution in [0.1, 0.15) is 5.56 Å². The Morgan fingerprint density at radius 1 is 1.42 bits per heavy atom. The quantitative estimate of drug-likeness (QED) is 0.610. The van der Waals surface area contributed by atoms with Crippen LogP contribution in [0.4, 0.5) is 18.9 Å². The number of hydrogen-bond donors (Lipinski definition) is 1. The lowest BCUT2D eigenvalue weighted by molar-refractivity contribution is -0.387. The molecule has 1 N–H and O–H groups in total. The van der Waals surface area contributed by atoms with E-state index >= 15 is 0 Å². The standard InChI is InChI=1S/C11H13F3N2O3/c12-9-5-8(1-2-10(9)16(18)19)6-15(3-4-17)7-11(13)14/h1-2,5,11,17H,3-4,6-7H2. The zero-order valence-corrected chi connectivity index (χ0v) is 9.93. The molecule has 0 aromatic heterocycles. The van der Waals surface area contributed by atoms with Gasteiger partial charge in [0.15, 0.2) is 0 Å². The number of nitro benzene ring substituents is 1. The fraction of sp³-hybridized carbons (Fsp3) is 0.455. The summed E-state index contributed by atoms with van der Waals surface area (Å²) < 4.78 is 37.9. The highest BCUT2D eigenvalue weighted by Crippen LogP contribution is 2.19. The predicted octanol–water partition coefficient (Wildman–Crippen LogP) is 1.79. The Hall–Kier alpha value is -1.67. The number of hydrogen-bond acceptors (Lipinski definition) is 4. The third-order valence-corrected chi connectivity index (χ3v) is 2.43. The third kappa shape index (κ3) is 4.84. The number of aliphatic hydroxyl groups excluding tert-OH is 1. The molecule has 0 spiro atoms. The van der Waals surface area contributed by atoms with Crippen molar-refractivity contribution in [1.29, 1.82) is 0 Å². The number of nitro groups is 1. The number of benzene rings is 1. The second-order valence-electron chi connectivity index (χ2n) is 3.89. The Morgan fingerprint density at radius 2 is 2.11 bits per heavy atom. The largest absolute Gasteiger partial charge is 0.395 e. The second kappa shape index (κ2) is 7.05.